The predicted molar refractivity (Wildman–Crippen MR) is 162 cm³/mol. The third-order valence-electron chi connectivity index (χ3n) is 7.22. The Bertz CT molecular complexity index is 1490. The number of carbonyl (C=O) groups excluding carboxylic acids is 1. The lowest BCUT2D eigenvalue weighted by molar-refractivity contribution is 0.0751. The number of hydrogen-bond donors (Lipinski definition) is 2. The van der Waals surface area contributed by atoms with Gasteiger partial charge in [0.2, 0.25) is 21.9 Å². The molecule has 2 aliphatic heterocycles. The van der Waals surface area contributed by atoms with Crippen molar-refractivity contribution in [3.63, 3.8) is 0 Å². The Hall–Kier alpha value is -4.11. The number of pyridine rings is 1. The molecule has 2 aromatic heterocycles. The van der Waals surface area contributed by atoms with E-state index in [0.29, 0.717) is 57.3 Å². The molecule has 4 heterocycles. The largest absolute Gasteiger partial charge is 0.447 e. The molecule has 14 nitrogen and oxygen atoms in total. The highest BCUT2D eigenvalue weighted by molar-refractivity contribution is 7.88. The smallest absolute Gasteiger partial charge is 0.410 e. The van der Waals surface area contributed by atoms with Gasteiger partial charge in [-0.05, 0) is 50.6 Å². The maximum Gasteiger partial charge on any atom is 0.410 e. The van der Waals surface area contributed by atoms with E-state index in [2.05, 4.69) is 30.2 Å². The minimum Gasteiger partial charge on any atom is -0.447 e. The van der Waals surface area contributed by atoms with Crippen molar-refractivity contribution < 1.29 is 17.9 Å². The number of nitrogen functional groups attached to an aromatic ring is 1. The Morgan fingerprint density at radius 2 is 1.67 bits per heavy atom. The summed E-state index contributed by atoms with van der Waals surface area (Å²) < 4.78 is 32.3. The van der Waals surface area contributed by atoms with Crippen LogP contribution in [0.3, 0.4) is 0 Å². The van der Waals surface area contributed by atoms with Crippen LogP contribution in [0.2, 0.25) is 0 Å². The molecule has 2 fully saturated rings. The van der Waals surface area contributed by atoms with Crippen LogP contribution in [0.5, 0.6) is 0 Å². The first-order valence-corrected chi connectivity index (χ1v) is 15.9. The molecule has 3 N–H and O–H groups in total. The van der Waals surface area contributed by atoms with Crippen LogP contribution in [0.15, 0.2) is 42.6 Å². The van der Waals surface area contributed by atoms with Gasteiger partial charge in [0, 0.05) is 76.0 Å². The summed E-state index contributed by atoms with van der Waals surface area (Å²) in [5, 5.41) is 7.77. The monoisotopic (exact) mass is 598 g/mol. The van der Waals surface area contributed by atoms with E-state index in [4.69, 9.17) is 10.5 Å². The summed E-state index contributed by atoms with van der Waals surface area (Å²) >= 11 is 0. The molecule has 0 atom stereocenters. The summed E-state index contributed by atoms with van der Waals surface area (Å²) in [5.74, 6) is 1.30. The number of nitrogens with zero attached hydrogens (tertiary/aromatic N) is 8. The molecular formula is C27H38N10O4S. The zero-order chi connectivity index (χ0) is 29.9. The zero-order valence-corrected chi connectivity index (χ0v) is 25.0. The van der Waals surface area contributed by atoms with Gasteiger partial charge < -0.3 is 30.5 Å². The van der Waals surface area contributed by atoms with Crippen LogP contribution in [0.4, 0.5) is 33.9 Å². The normalized spacial score (nSPS) is 16.9. The quantitative estimate of drug-likeness (QED) is 0.411. The van der Waals surface area contributed by atoms with Gasteiger partial charge in [-0.1, -0.05) is 0 Å². The second-order valence-electron chi connectivity index (χ2n) is 10.7. The third-order valence-corrected chi connectivity index (χ3v) is 8.52. The number of benzene rings is 1. The lowest BCUT2D eigenvalue weighted by Gasteiger charge is -2.35. The standard InChI is InChI=1S/C27H38N10O4S/c1-20(2)41-27(38)35-15-13-33(14-16-35)22-7-5-21(6-8-22)30-26-31-25(28)37(32-26)23-9-10-29-24(19-23)34-11-4-12-36(18-17-34)42(3,39)40/h5-10,19-20H,4,11-18H2,1-3H3,(H3,28,30,31,32). The lowest BCUT2D eigenvalue weighted by atomic mass is 10.2. The molecule has 3 aromatic rings. The summed E-state index contributed by atoms with van der Waals surface area (Å²) in [5.41, 5.74) is 8.80. The maximum absolute atomic E-state index is 12.2. The van der Waals surface area contributed by atoms with E-state index in [0.717, 1.165) is 30.3 Å². The van der Waals surface area contributed by atoms with Crippen molar-refractivity contribution in [3.05, 3.63) is 42.6 Å². The molecule has 2 saturated heterocycles. The number of ether oxygens (including phenoxy) is 1. The minimum absolute atomic E-state index is 0.129. The van der Waals surface area contributed by atoms with Gasteiger partial charge >= 0.3 is 6.09 Å². The molecule has 0 bridgehead atoms. The van der Waals surface area contributed by atoms with Gasteiger partial charge in [0.25, 0.3) is 0 Å². The van der Waals surface area contributed by atoms with Gasteiger partial charge in [0.05, 0.1) is 18.0 Å². The van der Waals surface area contributed by atoms with Crippen molar-refractivity contribution in [2.75, 3.05) is 79.5 Å². The zero-order valence-electron chi connectivity index (χ0n) is 24.2. The number of nitrogens with two attached hydrogens (primary N) is 1. The second-order valence-corrected chi connectivity index (χ2v) is 12.6. The van der Waals surface area contributed by atoms with E-state index >= 15 is 0 Å². The highest BCUT2D eigenvalue weighted by atomic mass is 32.2. The van der Waals surface area contributed by atoms with E-state index in [1.807, 2.05) is 44.2 Å². The van der Waals surface area contributed by atoms with Crippen molar-refractivity contribution >= 4 is 45.2 Å². The predicted octanol–water partition coefficient (Wildman–Crippen LogP) is 2.13. The summed E-state index contributed by atoms with van der Waals surface area (Å²) in [4.78, 5) is 27.1. The first-order valence-electron chi connectivity index (χ1n) is 14.0. The number of hydrogen-bond acceptors (Lipinski definition) is 11. The first kappa shape index (κ1) is 29.4. The molecule has 0 unspecified atom stereocenters. The van der Waals surface area contributed by atoms with Gasteiger partial charge in [-0.2, -0.15) is 9.67 Å². The maximum atomic E-state index is 12.2. The molecule has 0 saturated carbocycles. The molecule has 15 heteroatoms. The van der Waals surface area contributed by atoms with E-state index < -0.39 is 10.0 Å². The summed E-state index contributed by atoms with van der Waals surface area (Å²) in [7, 11) is -3.23. The van der Waals surface area contributed by atoms with E-state index in [-0.39, 0.29) is 18.1 Å². The lowest BCUT2D eigenvalue weighted by Crippen LogP contribution is -2.49. The number of nitrogens with one attached hydrogen (secondary N) is 1. The van der Waals surface area contributed by atoms with Crippen LogP contribution in [0.1, 0.15) is 20.3 Å². The van der Waals surface area contributed by atoms with Crippen LogP contribution in [0.25, 0.3) is 5.69 Å². The molecule has 1 amide bonds. The van der Waals surface area contributed by atoms with Gasteiger partial charge in [-0.25, -0.2) is 22.5 Å². The number of anilines is 5. The molecule has 0 spiro atoms. The number of aromatic nitrogens is 4. The first-order chi connectivity index (χ1) is 20.1. The highest BCUT2D eigenvalue weighted by Crippen LogP contribution is 2.24. The van der Waals surface area contributed by atoms with Crippen molar-refractivity contribution in [3.8, 4) is 5.69 Å². The molecule has 42 heavy (non-hydrogen) atoms. The van der Waals surface area contributed by atoms with Crippen molar-refractivity contribution in [2.45, 2.75) is 26.4 Å². The Morgan fingerprint density at radius 1 is 0.952 bits per heavy atom. The molecule has 2 aliphatic rings. The van der Waals surface area contributed by atoms with Gasteiger partial charge in [-0.15, -0.1) is 5.10 Å². The fourth-order valence-corrected chi connectivity index (χ4v) is 5.92. The van der Waals surface area contributed by atoms with E-state index in [9.17, 15) is 13.2 Å². The molecule has 5 rings (SSSR count). The summed E-state index contributed by atoms with van der Waals surface area (Å²) in [6.45, 7) is 8.51. The highest BCUT2D eigenvalue weighted by Gasteiger charge is 2.24. The fraction of sp³-hybridized carbons (Fsp3) is 0.481. The van der Waals surface area contributed by atoms with Crippen molar-refractivity contribution in [1.29, 1.82) is 0 Å². The fourth-order valence-electron chi connectivity index (χ4n) is 5.04. The SMILES string of the molecule is CC(C)OC(=O)N1CCN(c2ccc(Nc3nc(N)n(-c4ccnc(N5CCCN(S(C)(=O)=O)CC5)c4)n3)cc2)CC1. The topological polar surface area (TPSA) is 155 Å². The number of amides is 1. The molecule has 0 aliphatic carbocycles. The van der Waals surface area contributed by atoms with Crippen LogP contribution < -0.4 is 20.9 Å². The van der Waals surface area contributed by atoms with Crippen LogP contribution in [-0.4, -0.2) is 108 Å². The molecule has 1 aromatic carbocycles. The Morgan fingerprint density at radius 3 is 2.36 bits per heavy atom. The third kappa shape index (κ3) is 7.02. The molecule has 226 valence electrons. The second kappa shape index (κ2) is 12.4. The van der Waals surface area contributed by atoms with Crippen LogP contribution in [-0.2, 0) is 14.8 Å². The minimum atomic E-state index is -3.23. The number of piperazine rings is 1. The number of sulfonamides is 1. The Labute approximate surface area is 246 Å². The van der Waals surface area contributed by atoms with Gasteiger partial charge in [-0.3, -0.25) is 0 Å². The average Bonchev–Trinajstić information content (AvgIpc) is 3.15. The van der Waals surface area contributed by atoms with Gasteiger partial charge in [0.1, 0.15) is 5.82 Å². The van der Waals surface area contributed by atoms with E-state index in [1.165, 1.54) is 10.6 Å². The van der Waals surface area contributed by atoms with Crippen molar-refractivity contribution in [1.82, 2.24) is 29.0 Å². The molecule has 0 radical (unpaired) electrons. The van der Waals surface area contributed by atoms with Gasteiger partial charge in [0.15, 0.2) is 0 Å². The van der Waals surface area contributed by atoms with Crippen LogP contribution >= 0.6 is 0 Å². The Balaban J connectivity index is 1.21. The van der Waals surface area contributed by atoms with Crippen LogP contribution in [0, 0.1) is 0 Å². The summed E-state index contributed by atoms with van der Waals surface area (Å²) in [6, 6.07) is 11.6. The summed E-state index contributed by atoms with van der Waals surface area (Å²) in [6.07, 6.45) is 3.24. The number of rotatable bonds is 7. The Kier molecular flexibility index (Phi) is 8.68. The average molecular weight is 599 g/mol. The number of carbonyl (C=O) groups is 1. The van der Waals surface area contributed by atoms with E-state index in [1.54, 1.807) is 21.8 Å². The molecular weight excluding hydrogens is 560 g/mol. The van der Waals surface area contributed by atoms with Crippen molar-refractivity contribution in [2.24, 2.45) is 0 Å².